The van der Waals surface area contributed by atoms with Crippen LogP contribution in [0.1, 0.15) is 27.2 Å². The minimum Gasteiger partial charge on any atom is -0.496 e. The highest BCUT2D eigenvalue weighted by Crippen LogP contribution is 2.29. The molecule has 3 aromatic rings. The monoisotopic (exact) mass is 472 g/mol. The van der Waals surface area contributed by atoms with Gasteiger partial charge in [0.05, 0.1) is 36.2 Å². The molecule has 0 atom stereocenters. The lowest BCUT2D eigenvalue weighted by atomic mass is 10.1. The zero-order valence-electron chi connectivity index (χ0n) is 16.1. The molecule has 11 heteroatoms. The molecule has 0 aliphatic heterocycles. The van der Waals surface area contributed by atoms with Crippen LogP contribution in [0.2, 0.25) is 0 Å². The van der Waals surface area contributed by atoms with Crippen molar-refractivity contribution in [3.05, 3.63) is 79.7 Å². The number of nitrogens with zero attached hydrogens (tertiary/aromatic N) is 5. The Morgan fingerprint density at radius 3 is 2.87 bits per heavy atom. The van der Waals surface area contributed by atoms with E-state index >= 15 is 0 Å². The Balaban J connectivity index is 1.80. The van der Waals surface area contributed by atoms with E-state index in [2.05, 4.69) is 36.5 Å². The molecule has 0 bridgehead atoms. The molecular formula is C19H17BrN6O4. The molecule has 2 aromatic heterocycles. The van der Waals surface area contributed by atoms with Crippen LogP contribution < -0.4 is 10.2 Å². The maximum absolute atomic E-state index is 12.0. The molecule has 0 radical (unpaired) electrons. The molecule has 3 rings (SSSR count). The summed E-state index contributed by atoms with van der Waals surface area (Å²) in [6.07, 6.45) is 4.51. The summed E-state index contributed by atoms with van der Waals surface area (Å²) in [6.45, 7) is 1.99. The van der Waals surface area contributed by atoms with Gasteiger partial charge in [-0.3, -0.25) is 9.78 Å². The van der Waals surface area contributed by atoms with Crippen molar-refractivity contribution in [2.75, 3.05) is 7.11 Å². The molecule has 10 nitrogen and oxygen atoms in total. The molecule has 0 unspecified atom stereocenters. The van der Waals surface area contributed by atoms with Gasteiger partial charge in [0.15, 0.2) is 0 Å². The molecule has 154 valence electrons. The predicted octanol–water partition coefficient (Wildman–Crippen LogP) is 3.08. The summed E-state index contributed by atoms with van der Waals surface area (Å²) in [7, 11) is 1.54. The van der Waals surface area contributed by atoms with Crippen LogP contribution in [-0.4, -0.2) is 38.9 Å². The van der Waals surface area contributed by atoms with Crippen molar-refractivity contribution in [3.63, 3.8) is 0 Å². The number of pyridine rings is 1. The second-order valence-corrected chi connectivity index (χ2v) is 6.94. The number of ether oxygens (including phenoxy) is 1. The third-order valence-electron chi connectivity index (χ3n) is 4.22. The van der Waals surface area contributed by atoms with E-state index in [0.717, 1.165) is 5.56 Å². The van der Waals surface area contributed by atoms with Gasteiger partial charge in [-0.25, -0.2) is 5.43 Å². The zero-order valence-corrected chi connectivity index (χ0v) is 17.7. The number of halogens is 1. The first-order valence-electron chi connectivity index (χ1n) is 8.68. The normalized spacial score (nSPS) is 10.9. The first-order valence-corrected chi connectivity index (χ1v) is 9.47. The number of benzene rings is 1. The summed E-state index contributed by atoms with van der Waals surface area (Å²) < 4.78 is 7.24. The molecule has 2 heterocycles. The Kier molecular flexibility index (Phi) is 6.52. The number of nitrogens with one attached hydrogen (secondary N) is 1. The van der Waals surface area contributed by atoms with Gasteiger partial charge in [0.2, 0.25) is 0 Å². The van der Waals surface area contributed by atoms with Gasteiger partial charge in [-0.15, -0.1) is 0 Å². The van der Waals surface area contributed by atoms with Gasteiger partial charge in [0.25, 0.3) is 5.91 Å². The fourth-order valence-electron chi connectivity index (χ4n) is 2.67. The second kappa shape index (κ2) is 9.27. The first kappa shape index (κ1) is 21.1. The average Bonchev–Trinajstić information content (AvgIpc) is 3.03. The van der Waals surface area contributed by atoms with Gasteiger partial charge in [-0.05, 0) is 63.7 Å². The van der Waals surface area contributed by atoms with Crippen molar-refractivity contribution in [1.82, 2.24) is 20.2 Å². The largest absolute Gasteiger partial charge is 0.496 e. The summed E-state index contributed by atoms with van der Waals surface area (Å²) >= 11 is 3.21. The van der Waals surface area contributed by atoms with Gasteiger partial charge in [-0.2, -0.15) is 9.78 Å². The number of carbonyl (C=O) groups is 1. The molecule has 0 aliphatic carbocycles. The van der Waals surface area contributed by atoms with E-state index in [0.29, 0.717) is 27.0 Å². The summed E-state index contributed by atoms with van der Waals surface area (Å²) in [4.78, 5) is 26.5. The highest BCUT2D eigenvalue weighted by Gasteiger charge is 2.24. The Bertz CT molecular complexity index is 1110. The first-order chi connectivity index (χ1) is 14.4. The molecule has 0 saturated heterocycles. The Hall–Kier alpha value is -3.60. The zero-order chi connectivity index (χ0) is 21.7. The smallest absolute Gasteiger partial charge is 0.404 e. The predicted molar refractivity (Wildman–Crippen MR) is 113 cm³/mol. The number of nitro groups is 1. The lowest BCUT2D eigenvalue weighted by molar-refractivity contribution is -0.390. The maximum atomic E-state index is 12.0. The Morgan fingerprint density at radius 2 is 2.23 bits per heavy atom. The highest BCUT2D eigenvalue weighted by atomic mass is 79.9. The number of hydrogen-bond donors (Lipinski definition) is 1. The molecular weight excluding hydrogens is 456 g/mol. The van der Waals surface area contributed by atoms with Crippen LogP contribution in [-0.2, 0) is 6.54 Å². The molecule has 30 heavy (non-hydrogen) atoms. The molecule has 1 amide bonds. The van der Waals surface area contributed by atoms with Crippen LogP contribution >= 0.6 is 15.9 Å². The minimum absolute atomic E-state index is 0.248. The SMILES string of the molecule is COc1ccc(/C=N/NC(=O)c2cccnc2)cc1Cn1nc([N+](=O)[O-])c(Br)c1C. The van der Waals surface area contributed by atoms with Crippen molar-refractivity contribution in [1.29, 1.82) is 0 Å². The van der Waals surface area contributed by atoms with Crippen LogP contribution in [0.5, 0.6) is 5.75 Å². The molecule has 0 aliphatic rings. The topological polar surface area (TPSA) is 125 Å². The van der Waals surface area contributed by atoms with E-state index in [1.165, 1.54) is 24.2 Å². The standard InChI is InChI=1S/C19H17BrN6O4/c1-12-17(20)18(26(28)29)24-25(12)11-15-8-13(5-6-16(15)30-2)9-22-23-19(27)14-4-3-7-21-10-14/h3-10H,11H2,1-2H3,(H,23,27)/b22-9+. The van der Waals surface area contributed by atoms with Crippen molar-refractivity contribution in [2.45, 2.75) is 13.5 Å². The number of hydrazone groups is 1. The molecule has 1 aromatic carbocycles. The maximum Gasteiger partial charge on any atom is 0.404 e. The fraction of sp³-hybridized carbons (Fsp3) is 0.158. The third kappa shape index (κ3) is 4.69. The fourth-order valence-corrected chi connectivity index (χ4v) is 3.10. The average molecular weight is 473 g/mol. The van der Waals surface area contributed by atoms with Crippen molar-refractivity contribution in [2.24, 2.45) is 5.10 Å². The van der Waals surface area contributed by atoms with Crippen molar-refractivity contribution < 1.29 is 14.5 Å². The second-order valence-electron chi connectivity index (χ2n) is 6.15. The summed E-state index contributed by atoms with van der Waals surface area (Å²) in [5, 5.41) is 19.1. The lowest BCUT2D eigenvalue weighted by Gasteiger charge is -2.09. The van der Waals surface area contributed by atoms with Crippen LogP contribution in [0.4, 0.5) is 5.82 Å². The number of amides is 1. The van der Waals surface area contributed by atoms with E-state index in [1.54, 1.807) is 43.5 Å². The van der Waals surface area contributed by atoms with Gasteiger partial charge in [-0.1, -0.05) is 0 Å². The van der Waals surface area contributed by atoms with Crippen molar-refractivity contribution >= 4 is 33.9 Å². The number of carbonyl (C=O) groups excluding carboxylic acids is 1. The Labute approximate surface area is 179 Å². The molecule has 0 saturated carbocycles. The number of methoxy groups -OCH3 is 1. The van der Waals surface area contributed by atoms with Crippen LogP contribution in [0.3, 0.4) is 0 Å². The Morgan fingerprint density at radius 1 is 1.43 bits per heavy atom. The summed E-state index contributed by atoms with van der Waals surface area (Å²) in [5.74, 6) is -0.0278. The number of hydrogen-bond acceptors (Lipinski definition) is 7. The van der Waals surface area contributed by atoms with Gasteiger partial charge >= 0.3 is 5.82 Å². The van der Waals surface area contributed by atoms with E-state index in [-0.39, 0.29) is 18.3 Å². The quantitative estimate of drug-likeness (QED) is 0.320. The van der Waals surface area contributed by atoms with Crippen LogP contribution in [0.25, 0.3) is 0 Å². The molecule has 0 spiro atoms. The lowest BCUT2D eigenvalue weighted by Crippen LogP contribution is -2.17. The van der Waals surface area contributed by atoms with Gasteiger partial charge in [0.1, 0.15) is 10.2 Å². The molecule has 0 fully saturated rings. The van der Waals surface area contributed by atoms with Crippen molar-refractivity contribution in [3.8, 4) is 5.75 Å². The number of rotatable bonds is 7. The van der Waals surface area contributed by atoms with E-state index in [4.69, 9.17) is 4.74 Å². The highest BCUT2D eigenvalue weighted by molar-refractivity contribution is 9.10. The minimum atomic E-state index is -0.543. The molecule has 1 N–H and O–H groups in total. The number of aromatic nitrogens is 3. The van der Waals surface area contributed by atoms with Crippen LogP contribution in [0.15, 0.2) is 52.3 Å². The van der Waals surface area contributed by atoms with E-state index in [1.807, 2.05) is 0 Å². The van der Waals surface area contributed by atoms with Crippen LogP contribution in [0, 0.1) is 17.0 Å². The van der Waals surface area contributed by atoms with Gasteiger partial charge in [0, 0.05) is 18.0 Å². The summed E-state index contributed by atoms with van der Waals surface area (Å²) in [6, 6.07) is 8.62. The third-order valence-corrected chi connectivity index (χ3v) is 5.15. The summed E-state index contributed by atoms with van der Waals surface area (Å²) in [5.41, 5.74) is 4.90. The van der Waals surface area contributed by atoms with E-state index in [9.17, 15) is 14.9 Å². The van der Waals surface area contributed by atoms with E-state index < -0.39 is 4.92 Å². The van der Waals surface area contributed by atoms with Gasteiger partial charge < -0.3 is 14.9 Å².